The quantitative estimate of drug-likeness (QED) is 0.853. The van der Waals surface area contributed by atoms with Gasteiger partial charge < -0.3 is 10.5 Å². The standard InChI is InChI=1S/C13H17N5O/c1-19-11-8-4-7-10(14)12(11)13-15-16-17-18(13)9-5-2-3-6-9/h4,7-9H,2-3,5-6,14H2,1H3. The molecule has 1 aliphatic rings. The Bertz CT molecular complexity index is 574. The summed E-state index contributed by atoms with van der Waals surface area (Å²) in [5.74, 6) is 1.40. The molecule has 1 fully saturated rings. The Balaban J connectivity index is 2.10. The van der Waals surface area contributed by atoms with Crippen LogP contribution in [0.15, 0.2) is 18.2 Å². The molecule has 1 saturated carbocycles. The van der Waals surface area contributed by atoms with Gasteiger partial charge in [-0.15, -0.1) is 5.10 Å². The van der Waals surface area contributed by atoms with Crippen LogP contribution in [0.1, 0.15) is 31.7 Å². The minimum atomic E-state index is 0.370. The predicted molar refractivity (Wildman–Crippen MR) is 71.7 cm³/mol. The van der Waals surface area contributed by atoms with Crippen LogP contribution in [0.4, 0.5) is 5.69 Å². The number of tetrazole rings is 1. The highest BCUT2D eigenvalue weighted by Crippen LogP contribution is 2.37. The summed E-state index contributed by atoms with van der Waals surface area (Å²) in [6.45, 7) is 0. The summed E-state index contributed by atoms with van der Waals surface area (Å²) in [5.41, 5.74) is 7.48. The predicted octanol–water partition coefficient (Wildman–Crippen LogP) is 2.05. The number of hydrogen-bond donors (Lipinski definition) is 1. The van der Waals surface area contributed by atoms with Gasteiger partial charge in [-0.25, -0.2) is 4.68 Å². The van der Waals surface area contributed by atoms with Crippen LogP contribution in [0.2, 0.25) is 0 Å². The molecule has 0 amide bonds. The van der Waals surface area contributed by atoms with Gasteiger partial charge in [-0.1, -0.05) is 18.9 Å². The van der Waals surface area contributed by atoms with Crippen LogP contribution in [-0.2, 0) is 0 Å². The van der Waals surface area contributed by atoms with Gasteiger partial charge in [0.15, 0.2) is 5.82 Å². The first-order valence-corrected chi connectivity index (χ1v) is 6.52. The number of anilines is 1. The molecule has 6 nitrogen and oxygen atoms in total. The van der Waals surface area contributed by atoms with Gasteiger partial charge >= 0.3 is 0 Å². The molecule has 2 N–H and O–H groups in total. The maximum absolute atomic E-state index is 6.07. The van der Waals surface area contributed by atoms with Crippen LogP contribution in [0.5, 0.6) is 5.75 Å². The molecule has 0 aliphatic heterocycles. The zero-order valence-corrected chi connectivity index (χ0v) is 10.9. The van der Waals surface area contributed by atoms with Crippen molar-refractivity contribution < 1.29 is 4.74 Å². The molecule has 19 heavy (non-hydrogen) atoms. The normalized spacial score (nSPS) is 15.8. The van der Waals surface area contributed by atoms with Crippen molar-refractivity contribution >= 4 is 5.69 Å². The van der Waals surface area contributed by atoms with E-state index < -0.39 is 0 Å². The third-order valence-electron chi connectivity index (χ3n) is 3.67. The van der Waals surface area contributed by atoms with Crippen LogP contribution >= 0.6 is 0 Å². The van der Waals surface area contributed by atoms with Gasteiger partial charge in [0, 0.05) is 5.69 Å². The molecule has 0 bridgehead atoms. The molecule has 2 aromatic rings. The Morgan fingerprint density at radius 1 is 1.32 bits per heavy atom. The molecule has 1 aliphatic carbocycles. The fourth-order valence-electron chi connectivity index (χ4n) is 2.71. The van der Waals surface area contributed by atoms with E-state index in [4.69, 9.17) is 10.5 Å². The van der Waals surface area contributed by atoms with Crippen molar-refractivity contribution in [2.24, 2.45) is 0 Å². The molecule has 1 heterocycles. The highest BCUT2D eigenvalue weighted by molar-refractivity contribution is 5.77. The molecule has 6 heteroatoms. The van der Waals surface area contributed by atoms with Crippen LogP contribution < -0.4 is 10.5 Å². The summed E-state index contributed by atoms with van der Waals surface area (Å²) >= 11 is 0. The van der Waals surface area contributed by atoms with E-state index >= 15 is 0 Å². The molecule has 100 valence electrons. The van der Waals surface area contributed by atoms with Crippen molar-refractivity contribution in [2.75, 3.05) is 12.8 Å². The van der Waals surface area contributed by atoms with Crippen LogP contribution in [0, 0.1) is 0 Å². The van der Waals surface area contributed by atoms with Gasteiger partial charge in [-0.3, -0.25) is 0 Å². The number of nitrogens with two attached hydrogens (primary N) is 1. The van der Waals surface area contributed by atoms with E-state index in [0.717, 1.165) is 18.4 Å². The number of rotatable bonds is 3. The van der Waals surface area contributed by atoms with E-state index in [-0.39, 0.29) is 0 Å². The van der Waals surface area contributed by atoms with Crippen molar-refractivity contribution in [1.29, 1.82) is 0 Å². The number of nitrogens with zero attached hydrogens (tertiary/aromatic N) is 4. The number of methoxy groups -OCH3 is 1. The largest absolute Gasteiger partial charge is 0.496 e. The maximum atomic E-state index is 6.07. The molecule has 3 rings (SSSR count). The third kappa shape index (κ3) is 2.03. The topological polar surface area (TPSA) is 78.8 Å². The second-order valence-electron chi connectivity index (χ2n) is 4.81. The van der Waals surface area contributed by atoms with E-state index in [9.17, 15) is 0 Å². The Hall–Kier alpha value is -2.11. The zero-order chi connectivity index (χ0) is 13.2. The van der Waals surface area contributed by atoms with Crippen molar-refractivity contribution in [3.05, 3.63) is 18.2 Å². The minimum Gasteiger partial charge on any atom is -0.496 e. The van der Waals surface area contributed by atoms with Crippen molar-refractivity contribution in [3.8, 4) is 17.1 Å². The highest BCUT2D eigenvalue weighted by Gasteiger charge is 2.24. The fraction of sp³-hybridized carbons (Fsp3) is 0.462. The van der Waals surface area contributed by atoms with Gasteiger partial charge in [0.1, 0.15) is 5.75 Å². The molecule has 0 spiro atoms. The Morgan fingerprint density at radius 3 is 2.84 bits per heavy atom. The molecule has 1 aromatic carbocycles. The lowest BCUT2D eigenvalue weighted by Gasteiger charge is -2.14. The smallest absolute Gasteiger partial charge is 0.188 e. The lowest BCUT2D eigenvalue weighted by molar-refractivity contribution is 0.414. The SMILES string of the molecule is COc1cccc(N)c1-c1nnnn1C1CCCC1. The van der Waals surface area contributed by atoms with E-state index in [1.54, 1.807) is 7.11 Å². The fourth-order valence-corrected chi connectivity index (χ4v) is 2.71. The van der Waals surface area contributed by atoms with E-state index in [0.29, 0.717) is 23.3 Å². The number of hydrogen-bond acceptors (Lipinski definition) is 5. The Labute approximate surface area is 111 Å². The molecule has 0 unspecified atom stereocenters. The summed E-state index contributed by atoms with van der Waals surface area (Å²) < 4.78 is 7.27. The minimum absolute atomic E-state index is 0.370. The lowest BCUT2D eigenvalue weighted by Crippen LogP contribution is -2.10. The van der Waals surface area contributed by atoms with Gasteiger partial charge in [-0.05, 0) is 35.4 Å². The third-order valence-corrected chi connectivity index (χ3v) is 3.67. The van der Waals surface area contributed by atoms with Crippen molar-refractivity contribution in [3.63, 3.8) is 0 Å². The highest BCUT2D eigenvalue weighted by atomic mass is 16.5. The van der Waals surface area contributed by atoms with Gasteiger partial charge in [0.2, 0.25) is 0 Å². The Morgan fingerprint density at radius 2 is 2.11 bits per heavy atom. The second-order valence-corrected chi connectivity index (χ2v) is 4.81. The molecule has 0 radical (unpaired) electrons. The van der Waals surface area contributed by atoms with Crippen LogP contribution in [-0.4, -0.2) is 27.3 Å². The molecular weight excluding hydrogens is 242 g/mol. The number of nitrogen functional groups attached to an aromatic ring is 1. The number of benzene rings is 1. The monoisotopic (exact) mass is 259 g/mol. The molecule has 0 atom stereocenters. The molecule has 1 aromatic heterocycles. The number of ether oxygens (including phenoxy) is 1. The van der Waals surface area contributed by atoms with Crippen LogP contribution in [0.3, 0.4) is 0 Å². The number of aromatic nitrogens is 4. The van der Waals surface area contributed by atoms with E-state index in [1.807, 2.05) is 22.9 Å². The van der Waals surface area contributed by atoms with Crippen molar-refractivity contribution in [2.45, 2.75) is 31.7 Å². The first kappa shape index (κ1) is 12.0. The molecule has 0 saturated heterocycles. The average molecular weight is 259 g/mol. The summed E-state index contributed by atoms with van der Waals surface area (Å²) in [6, 6.07) is 5.95. The average Bonchev–Trinajstić information content (AvgIpc) is 3.08. The lowest BCUT2D eigenvalue weighted by atomic mass is 10.1. The van der Waals surface area contributed by atoms with E-state index in [2.05, 4.69) is 15.5 Å². The zero-order valence-electron chi connectivity index (χ0n) is 10.9. The Kier molecular flexibility index (Phi) is 3.06. The first-order chi connectivity index (χ1) is 9.31. The van der Waals surface area contributed by atoms with Gasteiger partial charge in [0.25, 0.3) is 0 Å². The second kappa shape index (κ2) is 4.87. The van der Waals surface area contributed by atoms with Gasteiger partial charge in [-0.2, -0.15) is 0 Å². The summed E-state index contributed by atoms with van der Waals surface area (Å²) in [7, 11) is 1.63. The van der Waals surface area contributed by atoms with Gasteiger partial charge in [0.05, 0.1) is 18.7 Å². The van der Waals surface area contributed by atoms with E-state index in [1.165, 1.54) is 12.8 Å². The van der Waals surface area contributed by atoms with Crippen LogP contribution in [0.25, 0.3) is 11.4 Å². The maximum Gasteiger partial charge on any atom is 0.188 e. The summed E-state index contributed by atoms with van der Waals surface area (Å²) in [4.78, 5) is 0. The summed E-state index contributed by atoms with van der Waals surface area (Å²) in [5, 5.41) is 12.1. The molecular formula is C13H17N5O. The van der Waals surface area contributed by atoms with Crippen molar-refractivity contribution in [1.82, 2.24) is 20.2 Å². The summed E-state index contributed by atoms with van der Waals surface area (Å²) in [6.07, 6.45) is 4.69. The first-order valence-electron chi connectivity index (χ1n) is 6.52.